The molecule has 2 rings (SSSR count). The molecule has 0 saturated heterocycles. The fourth-order valence-corrected chi connectivity index (χ4v) is 2.06. The van der Waals surface area contributed by atoms with Crippen LogP contribution in [0.5, 0.6) is 0 Å². The van der Waals surface area contributed by atoms with Crippen molar-refractivity contribution >= 4 is 21.8 Å². The summed E-state index contributed by atoms with van der Waals surface area (Å²) >= 11 is 3.37. The van der Waals surface area contributed by atoms with Gasteiger partial charge in [0.1, 0.15) is 6.07 Å². The molecule has 1 amide bonds. The first kappa shape index (κ1) is 12.3. The third-order valence-electron chi connectivity index (χ3n) is 2.43. The molecule has 1 heterocycles. The standard InChI is InChI=1S/C12H9BrN4O/c13-9-3-1-2-8(4-9)7-17-11(5-14)10(6-16-17)12(15)18/h1-4,6H,7H2,(H2,15,18). The van der Waals surface area contributed by atoms with Gasteiger partial charge in [0.05, 0.1) is 18.3 Å². The molecule has 0 aliphatic carbocycles. The number of halogens is 1. The number of aromatic nitrogens is 2. The SMILES string of the molecule is N#Cc1c(C(N)=O)cnn1Cc1cccc(Br)c1. The van der Waals surface area contributed by atoms with Crippen LogP contribution in [0.3, 0.4) is 0 Å². The smallest absolute Gasteiger partial charge is 0.253 e. The van der Waals surface area contributed by atoms with Crippen molar-refractivity contribution in [3.8, 4) is 6.07 Å². The summed E-state index contributed by atoms with van der Waals surface area (Å²) in [5.74, 6) is -0.646. The Balaban J connectivity index is 2.36. The Morgan fingerprint density at radius 2 is 2.33 bits per heavy atom. The first-order valence-corrected chi connectivity index (χ1v) is 5.91. The number of nitrogens with two attached hydrogens (primary N) is 1. The molecule has 0 fully saturated rings. The summed E-state index contributed by atoms with van der Waals surface area (Å²) in [7, 11) is 0. The third-order valence-corrected chi connectivity index (χ3v) is 2.93. The topological polar surface area (TPSA) is 84.7 Å². The molecule has 0 radical (unpaired) electrons. The van der Waals surface area contributed by atoms with Gasteiger partial charge in [-0.2, -0.15) is 10.4 Å². The van der Waals surface area contributed by atoms with Crippen molar-refractivity contribution in [3.63, 3.8) is 0 Å². The number of hydrogen-bond donors (Lipinski definition) is 1. The summed E-state index contributed by atoms with van der Waals surface area (Å²) in [4.78, 5) is 11.1. The molecule has 0 aliphatic heterocycles. The zero-order chi connectivity index (χ0) is 13.1. The highest BCUT2D eigenvalue weighted by molar-refractivity contribution is 9.10. The van der Waals surface area contributed by atoms with Crippen LogP contribution >= 0.6 is 15.9 Å². The highest BCUT2D eigenvalue weighted by Crippen LogP contribution is 2.14. The number of primary amides is 1. The van der Waals surface area contributed by atoms with E-state index in [0.29, 0.717) is 6.54 Å². The highest BCUT2D eigenvalue weighted by atomic mass is 79.9. The van der Waals surface area contributed by atoms with E-state index in [4.69, 9.17) is 11.0 Å². The summed E-state index contributed by atoms with van der Waals surface area (Å²) in [5, 5.41) is 13.1. The minimum Gasteiger partial charge on any atom is -0.365 e. The fourth-order valence-electron chi connectivity index (χ4n) is 1.61. The van der Waals surface area contributed by atoms with Gasteiger partial charge in [0, 0.05) is 4.47 Å². The Kier molecular flexibility index (Phi) is 3.44. The van der Waals surface area contributed by atoms with Crippen molar-refractivity contribution in [2.75, 3.05) is 0 Å². The van der Waals surface area contributed by atoms with Crippen molar-refractivity contribution in [2.24, 2.45) is 5.73 Å². The molecule has 2 aromatic rings. The monoisotopic (exact) mass is 304 g/mol. The Bertz CT molecular complexity index is 642. The molecule has 90 valence electrons. The van der Waals surface area contributed by atoms with E-state index in [1.165, 1.54) is 10.9 Å². The molecule has 6 heteroatoms. The Labute approximate surface area is 112 Å². The lowest BCUT2D eigenvalue weighted by Gasteiger charge is -2.04. The van der Waals surface area contributed by atoms with Crippen LogP contribution in [-0.2, 0) is 6.54 Å². The lowest BCUT2D eigenvalue weighted by atomic mass is 10.2. The van der Waals surface area contributed by atoms with Crippen LogP contribution < -0.4 is 5.73 Å². The predicted molar refractivity (Wildman–Crippen MR) is 68.7 cm³/mol. The minimum atomic E-state index is -0.646. The van der Waals surface area contributed by atoms with Gasteiger partial charge in [-0.3, -0.25) is 4.79 Å². The summed E-state index contributed by atoms with van der Waals surface area (Å²) < 4.78 is 2.41. The van der Waals surface area contributed by atoms with Gasteiger partial charge in [-0.15, -0.1) is 0 Å². The van der Waals surface area contributed by atoms with Gasteiger partial charge in [0.15, 0.2) is 5.69 Å². The molecule has 1 aromatic heterocycles. The van der Waals surface area contributed by atoms with E-state index in [1.54, 1.807) is 0 Å². The fraction of sp³-hybridized carbons (Fsp3) is 0.0833. The minimum absolute atomic E-state index is 0.146. The molecule has 0 saturated carbocycles. The molecule has 5 nitrogen and oxygen atoms in total. The molecule has 0 unspecified atom stereocenters. The molecule has 0 aliphatic rings. The summed E-state index contributed by atoms with van der Waals surface area (Å²) in [6.45, 7) is 0.412. The Hall–Kier alpha value is -2.13. The van der Waals surface area contributed by atoms with E-state index >= 15 is 0 Å². The van der Waals surface area contributed by atoms with Crippen LogP contribution in [0, 0.1) is 11.3 Å². The number of carbonyl (C=O) groups excluding carboxylic acids is 1. The van der Waals surface area contributed by atoms with Crippen molar-refractivity contribution in [3.05, 3.63) is 51.8 Å². The largest absolute Gasteiger partial charge is 0.365 e. The predicted octanol–water partition coefficient (Wildman–Crippen LogP) is 1.66. The molecule has 0 bridgehead atoms. The van der Waals surface area contributed by atoms with Crippen molar-refractivity contribution in [1.29, 1.82) is 5.26 Å². The van der Waals surface area contributed by atoms with Gasteiger partial charge in [0.2, 0.25) is 0 Å². The maximum absolute atomic E-state index is 11.1. The van der Waals surface area contributed by atoms with E-state index < -0.39 is 5.91 Å². The molecule has 18 heavy (non-hydrogen) atoms. The molecular formula is C12H9BrN4O. The third kappa shape index (κ3) is 2.41. The zero-order valence-electron chi connectivity index (χ0n) is 9.30. The molecule has 0 atom stereocenters. The lowest BCUT2D eigenvalue weighted by molar-refractivity contribution is 0.1000. The summed E-state index contributed by atoms with van der Waals surface area (Å²) in [6.07, 6.45) is 1.32. The molecule has 1 aromatic carbocycles. The maximum atomic E-state index is 11.1. The summed E-state index contributed by atoms with van der Waals surface area (Å²) in [6, 6.07) is 9.59. The first-order valence-electron chi connectivity index (χ1n) is 5.12. The quantitative estimate of drug-likeness (QED) is 0.936. The number of nitriles is 1. The normalized spacial score (nSPS) is 10.0. The van der Waals surface area contributed by atoms with Crippen molar-refractivity contribution in [1.82, 2.24) is 9.78 Å². The number of rotatable bonds is 3. The van der Waals surface area contributed by atoms with Crippen LogP contribution in [-0.4, -0.2) is 15.7 Å². The van der Waals surface area contributed by atoms with Gasteiger partial charge in [0.25, 0.3) is 5.91 Å². The van der Waals surface area contributed by atoms with Gasteiger partial charge >= 0.3 is 0 Å². The average Bonchev–Trinajstić information content (AvgIpc) is 2.72. The number of benzene rings is 1. The van der Waals surface area contributed by atoms with Crippen molar-refractivity contribution < 1.29 is 4.79 Å². The second kappa shape index (κ2) is 5.02. The number of amides is 1. The van der Waals surface area contributed by atoms with Crippen LogP contribution in [0.2, 0.25) is 0 Å². The van der Waals surface area contributed by atoms with E-state index in [0.717, 1.165) is 10.0 Å². The average molecular weight is 305 g/mol. The number of hydrogen-bond acceptors (Lipinski definition) is 3. The van der Waals surface area contributed by atoms with Crippen LogP contribution in [0.15, 0.2) is 34.9 Å². The van der Waals surface area contributed by atoms with Gasteiger partial charge < -0.3 is 5.73 Å². The number of nitrogens with zero attached hydrogens (tertiary/aromatic N) is 3. The second-order valence-electron chi connectivity index (χ2n) is 3.67. The van der Waals surface area contributed by atoms with Crippen molar-refractivity contribution in [2.45, 2.75) is 6.54 Å². The van der Waals surface area contributed by atoms with Crippen LogP contribution in [0.25, 0.3) is 0 Å². The Morgan fingerprint density at radius 1 is 1.56 bits per heavy atom. The van der Waals surface area contributed by atoms with Crippen LogP contribution in [0.1, 0.15) is 21.6 Å². The molecule has 0 spiro atoms. The van der Waals surface area contributed by atoms with E-state index in [1.807, 2.05) is 30.3 Å². The van der Waals surface area contributed by atoms with E-state index in [2.05, 4.69) is 21.0 Å². The second-order valence-corrected chi connectivity index (χ2v) is 4.59. The number of carbonyl (C=O) groups is 1. The molecule has 2 N–H and O–H groups in total. The van der Waals surface area contributed by atoms with Crippen LogP contribution in [0.4, 0.5) is 0 Å². The van der Waals surface area contributed by atoms with Gasteiger partial charge in [-0.1, -0.05) is 28.1 Å². The molecular weight excluding hydrogens is 296 g/mol. The maximum Gasteiger partial charge on any atom is 0.253 e. The summed E-state index contributed by atoms with van der Waals surface area (Å²) in [5.41, 5.74) is 6.47. The van der Waals surface area contributed by atoms with Gasteiger partial charge in [-0.05, 0) is 17.7 Å². The zero-order valence-corrected chi connectivity index (χ0v) is 10.9. The Morgan fingerprint density at radius 3 is 2.94 bits per heavy atom. The highest BCUT2D eigenvalue weighted by Gasteiger charge is 2.14. The van der Waals surface area contributed by atoms with E-state index in [-0.39, 0.29) is 11.3 Å². The first-order chi connectivity index (χ1) is 8.61. The van der Waals surface area contributed by atoms with Gasteiger partial charge in [-0.25, -0.2) is 4.68 Å². The lowest BCUT2D eigenvalue weighted by Crippen LogP contribution is -2.13. The van der Waals surface area contributed by atoms with E-state index in [9.17, 15) is 4.79 Å².